The lowest BCUT2D eigenvalue weighted by atomic mass is 10.1. The van der Waals surface area contributed by atoms with Crippen LogP contribution in [0.5, 0.6) is 0 Å². The molecule has 4 aromatic rings. The summed E-state index contributed by atoms with van der Waals surface area (Å²) in [7, 11) is 1.83. The number of aryl methyl sites for hydroxylation is 3. The van der Waals surface area contributed by atoms with E-state index in [2.05, 4.69) is 31.0 Å². The predicted octanol–water partition coefficient (Wildman–Crippen LogP) is 5.49. The highest BCUT2D eigenvalue weighted by molar-refractivity contribution is 7.09. The molecule has 142 valence electrons. The van der Waals surface area contributed by atoms with E-state index in [1.807, 2.05) is 49.7 Å². The summed E-state index contributed by atoms with van der Waals surface area (Å²) in [5, 5.41) is 4.09. The van der Waals surface area contributed by atoms with E-state index in [9.17, 15) is 4.79 Å². The van der Waals surface area contributed by atoms with Crippen molar-refractivity contribution in [1.29, 1.82) is 0 Å². The van der Waals surface area contributed by atoms with Crippen molar-refractivity contribution in [2.75, 3.05) is 7.05 Å². The maximum Gasteiger partial charge on any atom is 0.270 e. The zero-order valence-corrected chi connectivity index (χ0v) is 17.4. The Morgan fingerprint density at radius 2 is 1.89 bits per heavy atom. The Balaban J connectivity index is 1.58. The van der Waals surface area contributed by atoms with E-state index in [1.54, 1.807) is 16.2 Å². The molecule has 1 amide bonds. The Bertz CT molecular complexity index is 1160. The van der Waals surface area contributed by atoms with Gasteiger partial charge in [-0.05, 0) is 38.0 Å². The fraction of sp³-hybridized carbons (Fsp3) is 0.217. The van der Waals surface area contributed by atoms with E-state index >= 15 is 0 Å². The van der Waals surface area contributed by atoms with Gasteiger partial charge < -0.3 is 9.88 Å². The van der Waals surface area contributed by atoms with Crippen LogP contribution in [-0.2, 0) is 6.54 Å². The molecule has 0 aliphatic rings. The van der Waals surface area contributed by atoms with E-state index < -0.39 is 0 Å². The molecule has 5 heteroatoms. The van der Waals surface area contributed by atoms with Gasteiger partial charge in [-0.3, -0.25) is 4.79 Å². The summed E-state index contributed by atoms with van der Waals surface area (Å²) in [5.41, 5.74) is 7.11. The number of H-pyrrole nitrogens is 1. The van der Waals surface area contributed by atoms with Gasteiger partial charge in [0, 0.05) is 28.9 Å². The number of benzene rings is 2. The van der Waals surface area contributed by atoms with Gasteiger partial charge in [-0.1, -0.05) is 42.0 Å². The van der Waals surface area contributed by atoms with Crippen molar-refractivity contribution in [2.45, 2.75) is 27.3 Å². The fourth-order valence-electron chi connectivity index (χ4n) is 3.59. The van der Waals surface area contributed by atoms with Crippen LogP contribution in [-0.4, -0.2) is 27.8 Å². The summed E-state index contributed by atoms with van der Waals surface area (Å²) in [6, 6.07) is 14.4. The lowest BCUT2D eigenvalue weighted by Gasteiger charge is -2.15. The van der Waals surface area contributed by atoms with Gasteiger partial charge in [0.1, 0.15) is 10.7 Å². The topological polar surface area (TPSA) is 49.0 Å². The highest BCUT2D eigenvalue weighted by Crippen LogP contribution is 2.27. The number of aromatic nitrogens is 2. The van der Waals surface area contributed by atoms with Crippen LogP contribution in [0.2, 0.25) is 0 Å². The average molecular weight is 390 g/mol. The second kappa shape index (κ2) is 7.24. The number of rotatable bonds is 4. The number of hydrogen-bond acceptors (Lipinski definition) is 3. The number of thiazole rings is 1. The highest BCUT2D eigenvalue weighted by Gasteiger charge is 2.20. The third-order valence-corrected chi connectivity index (χ3v) is 5.90. The second-order valence-corrected chi connectivity index (χ2v) is 8.23. The Morgan fingerprint density at radius 1 is 1.14 bits per heavy atom. The van der Waals surface area contributed by atoms with Gasteiger partial charge in [-0.2, -0.15) is 0 Å². The van der Waals surface area contributed by atoms with Gasteiger partial charge in [0.15, 0.2) is 0 Å². The van der Waals surface area contributed by atoms with Crippen molar-refractivity contribution in [3.8, 4) is 11.3 Å². The summed E-state index contributed by atoms with van der Waals surface area (Å²) < 4.78 is 0. The molecule has 2 aromatic heterocycles. The molecule has 28 heavy (non-hydrogen) atoms. The fourth-order valence-corrected chi connectivity index (χ4v) is 4.44. The number of amides is 1. The zero-order valence-electron chi connectivity index (χ0n) is 16.5. The van der Waals surface area contributed by atoms with Crippen molar-refractivity contribution in [1.82, 2.24) is 14.9 Å². The molecular weight excluding hydrogens is 366 g/mol. The molecule has 1 N–H and O–H groups in total. The molecule has 0 radical (unpaired) electrons. The van der Waals surface area contributed by atoms with Gasteiger partial charge in [0.05, 0.1) is 12.2 Å². The van der Waals surface area contributed by atoms with Crippen LogP contribution in [0.15, 0.2) is 47.8 Å². The third-order valence-electron chi connectivity index (χ3n) is 5.06. The molecule has 0 aliphatic carbocycles. The lowest BCUT2D eigenvalue weighted by molar-refractivity contribution is 0.0779. The Kier molecular flexibility index (Phi) is 4.77. The lowest BCUT2D eigenvalue weighted by Crippen LogP contribution is -2.27. The van der Waals surface area contributed by atoms with Crippen LogP contribution < -0.4 is 0 Å². The summed E-state index contributed by atoms with van der Waals surface area (Å²) in [4.78, 5) is 22.9. The van der Waals surface area contributed by atoms with Crippen molar-refractivity contribution < 1.29 is 4.79 Å². The first kappa shape index (κ1) is 18.4. The van der Waals surface area contributed by atoms with E-state index in [0.29, 0.717) is 12.2 Å². The third kappa shape index (κ3) is 3.34. The van der Waals surface area contributed by atoms with E-state index in [-0.39, 0.29) is 5.91 Å². The summed E-state index contributed by atoms with van der Waals surface area (Å²) in [6.45, 7) is 6.65. The molecule has 4 nitrogen and oxygen atoms in total. The number of fused-ring (bicyclic) bond motifs is 1. The van der Waals surface area contributed by atoms with Gasteiger partial charge in [0.25, 0.3) is 5.91 Å². The molecule has 0 saturated heterocycles. The van der Waals surface area contributed by atoms with Crippen molar-refractivity contribution >= 4 is 28.1 Å². The van der Waals surface area contributed by atoms with Crippen molar-refractivity contribution in [3.63, 3.8) is 0 Å². The van der Waals surface area contributed by atoms with Crippen LogP contribution >= 0.6 is 11.3 Å². The first-order chi connectivity index (χ1) is 13.4. The predicted molar refractivity (Wildman–Crippen MR) is 116 cm³/mol. The first-order valence-corrected chi connectivity index (χ1v) is 10.2. The molecule has 0 unspecified atom stereocenters. The molecule has 0 spiro atoms. The van der Waals surface area contributed by atoms with E-state index in [1.165, 1.54) is 5.56 Å². The molecule has 0 fully saturated rings. The summed E-state index contributed by atoms with van der Waals surface area (Å²) in [6.07, 6.45) is 0. The van der Waals surface area contributed by atoms with Crippen LogP contribution in [0.3, 0.4) is 0 Å². The first-order valence-electron chi connectivity index (χ1n) is 9.29. The van der Waals surface area contributed by atoms with Crippen LogP contribution in [0.1, 0.15) is 32.2 Å². The Labute approximate surface area is 168 Å². The van der Waals surface area contributed by atoms with E-state index in [0.717, 1.165) is 38.3 Å². The maximum absolute atomic E-state index is 13.1. The van der Waals surface area contributed by atoms with Gasteiger partial charge in [-0.25, -0.2) is 4.98 Å². The van der Waals surface area contributed by atoms with E-state index in [4.69, 9.17) is 4.98 Å². The molecule has 0 saturated carbocycles. The molecule has 2 aromatic carbocycles. The molecule has 0 atom stereocenters. The average Bonchev–Trinajstić information content (AvgIpc) is 3.27. The van der Waals surface area contributed by atoms with Crippen molar-refractivity contribution in [3.05, 3.63) is 75.2 Å². The minimum atomic E-state index is -0.0118. The second-order valence-electron chi connectivity index (χ2n) is 7.28. The molecule has 0 bridgehead atoms. The Hall–Kier alpha value is -2.92. The number of hydrogen-bond donors (Lipinski definition) is 1. The number of nitrogens with one attached hydrogen (secondary N) is 1. The molecule has 2 heterocycles. The van der Waals surface area contributed by atoms with Crippen molar-refractivity contribution in [2.24, 2.45) is 0 Å². The Morgan fingerprint density at radius 3 is 2.64 bits per heavy atom. The largest absolute Gasteiger partial charge is 0.350 e. The summed E-state index contributed by atoms with van der Waals surface area (Å²) >= 11 is 1.58. The smallest absolute Gasteiger partial charge is 0.270 e. The molecule has 4 rings (SSSR count). The molecule has 0 aliphatic heterocycles. The number of carbonyl (C=O) groups excluding carboxylic acids is 1. The van der Waals surface area contributed by atoms with Crippen LogP contribution in [0.25, 0.3) is 22.2 Å². The minimum absolute atomic E-state index is 0.0118. The quantitative estimate of drug-likeness (QED) is 0.502. The maximum atomic E-state index is 13.1. The van der Waals surface area contributed by atoms with Gasteiger partial charge >= 0.3 is 0 Å². The van der Waals surface area contributed by atoms with Crippen LogP contribution in [0, 0.1) is 20.8 Å². The number of carbonyl (C=O) groups is 1. The summed E-state index contributed by atoms with van der Waals surface area (Å²) in [5.74, 6) is -0.0118. The highest BCUT2D eigenvalue weighted by atomic mass is 32.1. The van der Waals surface area contributed by atoms with Crippen LogP contribution in [0.4, 0.5) is 0 Å². The van der Waals surface area contributed by atoms with Gasteiger partial charge in [-0.15, -0.1) is 11.3 Å². The number of aromatic amines is 1. The minimum Gasteiger partial charge on any atom is -0.350 e. The SMILES string of the molecule is Cc1cc(C)c2[nH]c(C(=O)N(C)Cc3nc(-c4ccccc4)cs3)c(C)c2c1. The van der Waals surface area contributed by atoms with Gasteiger partial charge in [0.2, 0.25) is 0 Å². The molecular formula is C23H23N3OS. The number of nitrogens with zero attached hydrogens (tertiary/aromatic N) is 2. The zero-order chi connectivity index (χ0) is 19.8. The monoisotopic (exact) mass is 389 g/mol. The standard InChI is InChI=1S/C23H23N3OS/c1-14-10-15(2)21-18(11-14)16(3)22(25-21)23(27)26(4)12-20-24-19(13-28-20)17-8-6-5-7-9-17/h5-11,13,25H,12H2,1-4H3. The normalized spacial score (nSPS) is 11.1.